The number of hydrogen-bond donors (Lipinski definition) is 2. The highest BCUT2D eigenvalue weighted by Crippen LogP contribution is 2.35. The highest BCUT2D eigenvalue weighted by Gasteiger charge is 2.46. The van der Waals surface area contributed by atoms with Crippen molar-refractivity contribution in [3.63, 3.8) is 0 Å². The minimum Gasteiger partial charge on any atom is -0.350 e. The number of rotatable bonds is 6. The third-order valence-electron chi connectivity index (χ3n) is 5.20. The summed E-state index contributed by atoms with van der Waals surface area (Å²) in [5.41, 5.74) is 2.77. The number of aromatic amines is 1. The van der Waals surface area contributed by atoms with Crippen LogP contribution in [0.25, 0.3) is 11.1 Å². The predicted molar refractivity (Wildman–Crippen MR) is 116 cm³/mol. The van der Waals surface area contributed by atoms with Gasteiger partial charge in [-0.25, -0.2) is 9.97 Å². The number of nitriles is 1. The topological polar surface area (TPSA) is 128 Å². The molecule has 162 valence electrons. The molecule has 0 spiro atoms. The fourth-order valence-electron chi connectivity index (χ4n) is 3.61. The molecule has 4 rings (SSSR count). The highest BCUT2D eigenvalue weighted by atomic mass is 16.1. The van der Waals surface area contributed by atoms with E-state index in [-0.39, 0.29) is 25.1 Å². The van der Waals surface area contributed by atoms with Crippen LogP contribution in [0, 0.1) is 18.3 Å². The Kier molecular flexibility index (Phi) is 6.06. The summed E-state index contributed by atoms with van der Waals surface area (Å²) >= 11 is 0. The smallest absolute Gasteiger partial charge is 0.271 e. The summed E-state index contributed by atoms with van der Waals surface area (Å²) in [6.45, 7) is 6.91. The van der Waals surface area contributed by atoms with E-state index < -0.39 is 5.54 Å². The van der Waals surface area contributed by atoms with E-state index in [1.807, 2.05) is 36.5 Å². The van der Waals surface area contributed by atoms with E-state index in [1.165, 1.54) is 6.20 Å². The third-order valence-corrected chi connectivity index (χ3v) is 5.20. The molecule has 0 radical (unpaired) electrons. The lowest BCUT2D eigenvalue weighted by Crippen LogP contribution is -2.63. The second-order valence-electron chi connectivity index (χ2n) is 7.89. The maximum absolute atomic E-state index is 12.0. The molecule has 0 bridgehead atoms. The first-order valence-corrected chi connectivity index (χ1v) is 9.72. The molecule has 2 N–H and O–H groups in total. The molecule has 3 aromatic rings. The van der Waals surface area contributed by atoms with Crippen LogP contribution in [0.4, 0.5) is 5.82 Å². The second kappa shape index (κ2) is 8.55. The SMILES string of the molecule is C.Cc1[nH]ncc1-c1cnn(C2(CC#N)CN(c3cnc(C(=O)NC(C)C)cn3)C2)c1. The Balaban J connectivity index is 0.00000272. The van der Waals surface area contributed by atoms with Gasteiger partial charge >= 0.3 is 0 Å². The monoisotopic (exact) mass is 421 g/mol. The number of hydrogen-bond acceptors (Lipinski definition) is 7. The second-order valence-corrected chi connectivity index (χ2v) is 7.89. The van der Waals surface area contributed by atoms with Crippen LogP contribution in [0.2, 0.25) is 0 Å². The van der Waals surface area contributed by atoms with E-state index >= 15 is 0 Å². The first-order chi connectivity index (χ1) is 14.4. The molecule has 0 unspecified atom stereocenters. The lowest BCUT2D eigenvalue weighted by atomic mass is 9.87. The van der Waals surface area contributed by atoms with Crippen molar-refractivity contribution in [3.05, 3.63) is 42.4 Å². The van der Waals surface area contributed by atoms with Gasteiger partial charge in [0.05, 0.1) is 37.3 Å². The predicted octanol–water partition coefficient (Wildman–Crippen LogP) is 2.28. The minimum absolute atomic E-state index is 0. The lowest BCUT2D eigenvalue weighted by Gasteiger charge is -2.49. The number of aryl methyl sites for hydroxylation is 1. The maximum atomic E-state index is 12.0. The van der Waals surface area contributed by atoms with Gasteiger partial charge in [-0.15, -0.1) is 0 Å². The van der Waals surface area contributed by atoms with E-state index in [9.17, 15) is 10.1 Å². The highest BCUT2D eigenvalue weighted by molar-refractivity contribution is 5.92. The van der Waals surface area contributed by atoms with Crippen molar-refractivity contribution >= 4 is 11.7 Å². The van der Waals surface area contributed by atoms with Gasteiger partial charge in [0, 0.05) is 42.1 Å². The molecular weight excluding hydrogens is 394 g/mol. The molecule has 4 heterocycles. The number of anilines is 1. The molecule has 0 atom stereocenters. The van der Waals surface area contributed by atoms with Crippen molar-refractivity contribution in [2.75, 3.05) is 18.0 Å². The molecule has 0 aromatic carbocycles. The van der Waals surface area contributed by atoms with Crippen LogP contribution in [0.15, 0.2) is 31.0 Å². The molecular formula is C21H27N9O. The molecule has 1 saturated heterocycles. The maximum Gasteiger partial charge on any atom is 0.271 e. The summed E-state index contributed by atoms with van der Waals surface area (Å²) in [6, 6.07) is 2.32. The van der Waals surface area contributed by atoms with Crippen LogP contribution >= 0.6 is 0 Å². The largest absolute Gasteiger partial charge is 0.350 e. The summed E-state index contributed by atoms with van der Waals surface area (Å²) in [6.07, 6.45) is 8.92. The fourth-order valence-corrected chi connectivity index (χ4v) is 3.61. The zero-order valence-corrected chi connectivity index (χ0v) is 17.1. The number of amides is 1. The van der Waals surface area contributed by atoms with E-state index in [0.717, 1.165) is 16.8 Å². The molecule has 1 aliphatic heterocycles. The molecule has 3 aromatic heterocycles. The van der Waals surface area contributed by atoms with Gasteiger partial charge in [-0.05, 0) is 20.8 Å². The average molecular weight is 422 g/mol. The van der Waals surface area contributed by atoms with Crippen molar-refractivity contribution in [1.82, 2.24) is 35.3 Å². The minimum atomic E-state index is -0.431. The van der Waals surface area contributed by atoms with Gasteiger partial charge in [0.2, 0.25) is 0 Å². The van der Waals surface area contributed by atoms with Gasteiger partial charge < -0.3 is 10.2 Å². The van der Waals surface area contributed by atoms with Crippen molar-refractivity contribution in [2.45, 2.75) is 46.2 Å². The van der Waals surface area contributed by atoms with Gasteiger partial charge in [0.1, 0.15) is 17.1 Å². The number of nitrogens with zero attached hydrogens (tertiary/aromatic N) is 7. The fraction of sp³-hybridized carbons (Fsp3) is 0.429. The number of aromatic nitrogens is 6. The summed E-state index contributed by atoms with van der Waals surface area (Å²) < 4.78 is 1.87. The zero-order valence-electron chi connectivity index (χ0n) is 17.1. The van der Waals surface area contributed by atoms with E-state index in [4.69, 9.17) is 0 Å². The van der Waals surface area contributed by atoms with Crippen molar-refractivity contribution in [2.24, 2.45) is 0 Å². The van der Waals surface area contributed by atoms with Crippen LogP contribution in [0.3, 0.4) is 0 Å². The van der Waals surface area contributed by atoms with Gasteiger partial charge in [0.25, 0.3) is 5.91 Å². The van der Waals surface area contributed by atoms with Gasteiger partial charge in [0.15, 0.2) is 0 Å². The molecule has 10 heteroatoms. The Morgan fingerprint density at radius 1 is 1.29 bits per heavy atom. The van der Waals surface area contributed by atoms with Gasteiger partial charge in [-0.2, -0.15) is 15.5 Å². The Morgan fingerprint density at radius 2 is 2.06 bits per heavy atom. The first kappa shape index (κ1) is 22.0. The number of nitrogens with one attached hydrogen (secondary N) is 2. The summed E-state index contributed by atoms with van der Waals surface area (Å²) in [7, 11) is 0. The van der Waals surface area contributed by atoms with Crippen molar-refractivity contribution in [3.8, 4) is 17.2 Å². The Hall–Kier alpha value is -3.74. The van der Waals surface area contributed by atoms with E-state index in [2.05, 4.69) is 36.7 Å². The van der Waals surface area contributed by atoms with Crippen molar-refractivity contribution in [1.29, 1.82) is 5.26 Å². The quantitative estimate of drug-likeness (QED) is 0.625. The van der Waals surface area contributed by atoms with Crippen molar-refractivity contribution < 1.29 is 4.79 Å². The van der Waals surface area contributed by atoms with Crippen LogP contribution in [0.5, 0.6) is 0 Å². The first-order valence-electron chi connectivity index (χ1n) is 9.72. The molecule has 0 saturated carbocycles. The number of H-pyrrole nitrogens is 1. The third kappa shape index (κ3) is 4.12. The molecule has 0 aliphatic carbocycles. The van der Waals surface area contributed by atoms with E-state index in [1.54, 1.807) is 18.6 Å². The lowest BCUT2D eigenvalue weighted by molar-refractivity contribution is 0.0937. The molecule has 1 amide bonds. The van der Waals surface area contributed by atoms with Crippen LogP contribution in [0.1, 0.15) is 43.9 Å². The average Bonchev–Trinajstić information content (AvgIpc) is 3.33. The summed E-state index contributed by atoms with van der Waals surface area (Å²) in [5, 5.41) is 23.7. The Morgan fingerprint density at radius 3 is 2.65 bits per heavy atom. The number of carbonyl (C=O) groups excluding carboxylic acids is 1. The zero-order chi connectivity index (χ0) is 21.3. The molecule has 31 heavy (non-hydrogen) atoms. The molecule has 10 nitrogen and oxygen atoms in total. The van der Waals surface area contributed by atoms with Crippen LogP contribution in [-0.4, -0.2) is 55.0 Å². The van der Waals surface area contributed by atoms with Gasteiger partial charge in [-0.1, -0.05) is 7.43 Å². The number of carbonyl (C=O) groups is 1. The summed E-state index contributed by atoms with van der Waals surface area (Å²) in [4.78, 5) is 22.7. The normalized spacial score (nSPS) is 14.5. The van der Waals surface area contributed by atoms with Gasteiger partial charge in [-0.3, -0.25) is 14.6 Å². The molecule has 1 fully saturated rings. The Labute approximate surface area is 181 Å². The summed E-state index contributed by atoms with van der Waals surface area (Å²) in [5.74, 6) is 0.424. The van der Waals surface area contributed by atoms with Crippen LogP contribution < -0.4 is 10.2 Å². The molecule has 1 aliphatic rings. The van der Waals surface area contributed by atoms with Crippen LogP contribution in [-0.2, 0) is 5.54 Å². The standard InChI is InChI=1S/C20H23N9O.CH4/c1-13(2)26-19(30)17-8-23-18(9-22-17)28-11-20(12-28,4-5-21)29-10-15(6-25-29)16-7-24-27-14(16)3;/h6-10,13H,4,11-12H2,1-3H3,(H,24,27)(H,26,30);1H4. The van der Waals surface area contributed by atoms with E-state index in [0.29, 0.717) is 25.3 Å². The Bertz CT molecular complexity index is 1080.